The van der Waals surface area contributed by atoms with Gasteiger partial charge in [0.1, 0.15) is 0 Å². The second-order valence-electron chi connectivity index (χ2n) is 5.17. The van der Waals surface area contributed by atoms with Crippen LogP contribution >= 0.6 is 0 Å². The lowest BCUT2D eigenvalue weighted by atomic mass is 9.86. The molecule has 4 nitrogen and oxygen atoms in total. The number of carbonyl (C=O) groups is 1. The third kappa shape index (κ3) is 8.42. The predicted molar refractivity (Wildman–Crippen MR) is 58.8 cm³/mol. The van der Waals surface area contributed by atoms with E-state index in [4.69, 9.17) is 0 Å². The topological polar surface area (TPSA) is 60.4 Å². The molecule has 1 unspecified atom stereocenters. The van der Waals surface area contributed by atoms with Crippen LogP contribution in [0.15, 0.2) is 0 Å². The van der Waals surface area contributed by atoms with Crippen molar-refractivity contribution in [2.24, 2.45) is 11.3 Å². The van der Waals surface area contributed by atoms with Gasteiger partial charge in [-0.3, -0.25) is 4.79 Å². The van der Waals surface area contributed by atoms with Gasteiger partial charge in [-0.1, -0.05) is 27.7 Å². The van der Waals surface area contributed by atoms with E-state index in [-0.39, 0.29) is 17.1 Å². The zero-order chi connectivity index (χ0) is 12.3. The summed E-state index contributed by atoms with van der Waals surface area (Å²) in [4.78, 5) is 10.5. The van der Waals surface area contributed by atoms with Crippen molar-refractivity contribution in [2.75, 3.05) is 5.75 Å². The van der Waals surface area contributed by atoms with E-state index in [1.165, 1.54) is 0 Å². The van der Waals surface area contributed by atoms with Crippen LogP contribution < -0.4 is 0 Å². The highest BCUT2D eigenvalue weighted by atomic mass is 32.2. The van der Waals surface area contributed by atoms with Crippen LogP contribution in [0.5, 0.6) is 0 Å². The van der Waals surface area contributed by atoms with Crippen molar-refractivity contribution in [3.8, 4) is 0 Å². The first-order valence-corrected chi connectivity index (χ1v) is 6.52. The summed E-state index contributed by atoms with van der Waals surface area (Å²) in [7, 11) is -3.70. The lowest BCUT2D eigenvalue weighted by molar-refractivity contribution is -0.131. The van der Waals surface area contributed by atoms with E-state index in [1.54, 1.807) is 0 Å². The fourth-order valence-corrected chi connectivity index (χ4v) is 2.91. The first kappa shape index (κ1) is 14.4. The van der Waals surface area contributed by atoms with Gasteiger partial charge in [0.25, 0.3) is 0 Å². The Bertz CT molecular complexity index is 311. The first-order valence-electron chi connectivity index (χ1n) is 4.94. The molecule has 15 heavy (non-hydrogen) atoms. The molecule has 0 aromatic heterocycles. The molecule has 0 aromatic rings. The predicted octanol–water partition coefficient (Wildman–Crippen LogP) is 1.95. The van der Waals surface area contributed by atoms with Crippen molar-refractivity contribution in [1.82, 2.24) is 0 Å². The lowest BCUT2D eigenvalue weighted by Gasteiger charge is -2.22. The molecule has 0 amide bonds. The summed E-state index contributed by atoms with van der Waals surface area (Å²) >= 11 is 0. The fraction of sp³-hybridized carbons (Fsp3) is 0.900. The van der Waals surface area contributed by atoms with Crippen molar-refractivity contribution >= 4 is 16.1 Å². The molecule has 0 aliphatic carbocycles. The van der Waals surface area contributed by atoms with Gasteiger partial charge in [-0.15, -0.1) is 0 Å². The Morgan fingerprint density at radius 2 is 1.80 bits per heavy atom. The van der Waals surface area contributed by atoms with E-state index in [0.717, 1.165) is 13.3 Å². The Morgan fingerprint density at radius 1 is 1.33 bits per heavy atom. The molecule has 0 rings (SSSR count). The molecular formula is C10H20O4S. The van der Waals surface area contributed by atoms with Crippen molar-refractivity contribution in [2.45, 2.75) is 41.0 Å². The molecule has 0 heterocycles. The SMILES string of the molecule is CC(=O)OS(=O)(=O)CC(C)CC(C)(C)C. The molecule has 5 heteroatoms. The minimum atomic E-state index is -3.70. The van der Waals surface area contributed by atoms with Gasteiger partial charge in [0.2, 0.25) is 0 Å². The lowest BCUT2D eigenvalue weighted by Crippen LogP contribution is -2.22. The Morgan fingerprint density at radius 3 is 2.13 bits per heavy atom. The summed E-state index contributed by atoms with van der Waals surface area (Å²) in [6, 6.07) is 0. The van der Waals surface area contributed by atoms with Gasteiger partial charge in [-0.25, -0.2) is 0 Å². The molecule has 1 atom stereocenters. The van der Waals surface area contributed by atoms with Gasteiger partial charge < -0.3 is 4.18 Å². The van der Waals surface area contributed by atoms with Crippen LogP contribution in [0.25, 0.3) is 0 Å². The molecule has 0 spiro atoms. The maximum Gasteiger partial charge on any atom is 0.319 e. The van der Waals surface area contributed by atoms with E-state index in [2.05, 4.69) is 4.18 Å². The highest BCUT2D eigenvalue weighted by Gasteiger charge is 2.22. The summed E-state index contributed by atoms with van der Waals surface area (Å²) in [6.45, 7) is 9.06. The molecule has 0 aromatic carbocycles. The Hall–Kier alpha value is -0.580. The van der Waals surface area contributed by atoms with Crippen molar-refractivity contribution in [3.63, 3.8) is 0 Å². The zero-order valence-corrected chi connectivity index (χ0v) is 10.8. The number of hydrogen-bond donors (Lipinski definition) is 0. The van der Waals surface area contributed by atoms with Crippen LogP contribution in [0.3, 0.4) is 0 Å². The highest BCUT2D eigenvalue weighted by Crippen LogP contribution is 2.25. The monoisotopic (exact) mass is 236 g/mol. The van der Waals surface area contributed by atoms with Gasteiger partial charge in [-0.2, -0.15) is 8.42 Å². The molecule has 0 fully saturated rings. The van der Waals surface area contributed by atoms with Gasteiger partial charge in [0.15, 0.2) is 0 Å². The molecule has 0 saturated carbocycles. The second kappa shape index (κ2) is 4.96. The zero-order valence-electron chi connectivity index (χ0n) is 10.0. The third-order valence-electron chi connectivity index (χ3n) is 1.69. The number of carbonyl (C=O) groups excluding carboxylic acids is 1. The third-order valence-corrected chi connectivity index (χ3v) is 3.16. The molecular weight excluding hydrogens is 216 g/mol. The molecule has 0 saturated heterocycles. The van der Waals surface area contributed by atoms with Gasteiger partial charge in [0.05, 0.1) is 5.75 Å². The molecule has 90 valence electrons. The largest absolute Gasteiger partial charge is 0.346 e. The van der Waals surface area contributed by atoms with E-state index in [0.29, 0.717) is 0 Å². The maximum absolute atomic E-state index is 11.3. The van der Waals surface area contributed by atoms with E-state index < -0.39 is 16.1 Å². The minimum absolute atomic E-state index is 0.0191. The summed E-state index contributed by atoms with van der Waals surface area (Å²) in [5, 5.41) is 0. The van der Waals surface area contributed by atoms with Crippen LogP contribution in [0.2, 0.25) is 0 Å². The Labute approximate surface area is 92.1 Å². The maximum atomic E-state index is 11.3. The quantitative estimate of drug-likeness (QED) is 0.700. The molecule has 0 aliphatic rings. The Kier molecular flexibility index (Phi) is 4.77. The van der Waals surface area contributed by atoms with E-state index in [1.807, 2.05) is 27.7 Å². The summed E-state index contributed by atoms with van der Waals surface area (Å²) in [5.41, 5.74) is 0.0746. The van der Waals surface area contributed by atoms with Crippen molar-refractivity contribution < 1.29 is 17.4 Å². The Balaban J connectivity index is 4.29. The van der Waals surface area contributed by atoms with Gasteiger partial charge in [0, 0.05) is 6.92 Å². The van der Waals surface area contributed by atoms with Gasteiger partial charge in [-0.05, 0) is 17.8 Å². The summed E-state index contributed by atoms with van der Waals surface area (Å²) in [5.74, 6) is -0.906. The molecule has 0 N–H and O–H groups in total. The van der Waals surface area contributed by atoms with Crippen LogP contribution in [0, 0.1) is 11.3 Å². The van der Waals surface area contributed by atoms with Gasteiger partial charge >= 0.3 is 16.1 Å². The van der Waals surface area contributed by atoms with E-state index in [9.17, 15) is 13.2 Å². The van der Waals surface area contributed by atoms with Crippen LogP contribution in [0.4, 0.5) is 0 Å². The van der Waals surface area contributed by atoms with Crippen molar-refractivity contribution in [3.05, 3.63) is 0 Å². The van der Waals surface area contributed by atoms with Crippen LogP contribution in [-0.2, 0) is 19.1 Å². The minimum Gasteiger partial charge on any atom is -0.346 e. The molecule has 0 aliphatic heterocycles. The summed E-state index contributed by atoms with van der Waals surface area (Å²) in [6.07, 6.45) is 0.771. The normalized spacial score (nSPS) is 14.7. The second-order valence-corrected chi connectivity index (χ2v) is 6.78. The van der Waals surface area contributed by atoms with Crippen LogP contribution in [0.1, 0.15) is 41.0 Å². The number of hydrogen-bond acceptors (Lipinski definition) is 4. The molecule has 0 radical (unpaired) electrons. The molecule has 0 bridgehead atoms. The van der Waals surface area contributed by atoms with E-state index >= 15 is 0 Å². The first-order chi connectivity index (χ1) is 6.52. The standard InChI is InChI=1S/C10H20O4S/c1-8(6-10(3,4)5)7-15(12,13)14-9(2)11/h8H,6-7H2,1-5H3. The van der Waals surface area contributed by atoms with Crippen molar-refractivity contribution in [1.29, 1.82) is 0 Å². The average molecular weight is 236 g/mol. The average Bonchev–Trinajstić information content (AvgIpc) is 1.73. The number of rotatable bonds is 4. The summed E-state index contributed by atoms with van der Waals surface area (Å²) < 4.78 is 26.8. The highest BCUT2D eigenvalue weighted by molar-refractivity contribution is 7.87. The fourth-order valence-electron chi connectivity index (χ4n) is 1.67. The van der Waals surface area contributed by atoms with Crippen LogP contribution in [-0.4, -0.2) is 20.1 Å². The smallest absolute Gasteiger partial charge is 0.319 e.